The molecule has 0 atom stereocenters. The number of carbonyl (C=O) groups excluding carboxylic acids is 1. The van der Waals surface area contributed by atoms with Crippen molar-refractivity contribution in [2.45, 2.75) is 19.5 Å². The Morgan fingerprint density at radius 2 is 1.75 bits per heavy atom. The molecule has 1 N–H and O–H groups in total. The predicted molar refractivity (Wildman–Crippen MR) is 136 cm³/mol. The summed E-state index contributed by atoms with van der Waals surface area (Å²) in [4.78, 5) is 25.6. The number of hydrogen-bond acceptors (Lipinski definition) is 5. The second kappa shape index (κ2) is 10.3. The molecule has 0 saturated carbocycles. The number of pyridine rings is 1. The van der Waals surface area contributed by atoms with Gasteiger partial charge in [-0.2, -0.15) is 5.10 Å². The van der Waals surface area contributed by atoms with Gasteiger partial charge in [0.15, 0.2) is 5.65 Å². The number of benzene rings is 2. The van der Waals surface area contributed by atoms with E-state index < -0.39 is 0 Å². The zero-order chi connectivity index (χ0) is 24.9. The first-order valence-electron chi connectivity index (χ1n) is 11.7. The second-order valence-corrected chi connectivity index (χ2v) is 8.35. The van der Waals surface area contributed by atoms with Crippen LogP contribution in [0.5, 0.6) is 5.75 Å². The van der Waals surface area contributed by atoms with E-state index in [9.17, 15) is 9.59 Å². The summed E-state index contributed by atoms with van der Waals surface area (Å²) in [6.07, 6.45) is 4.02. The SMILES string of the molecule is COc1ccc(-c2nn(Cc3ccccc3)cc2C(=O)NCCCn2nc3ccccn3c2=O)cc1. The molecule has 2 aromatic carbocycles. The highest BCUT2D eigenvalue weighted by molar-refractivity contribution is 5.99. The average molecular weight is 483 g/mol. The number of nitrogens with one attached hydrogen (secondary N) is 1. The van der Waals surface area contributed by atoms with E-state index in [1.807, 2.05) is 60.7 Å². The number of ether oxygens (including phenoxy) is 1. The Hall–Kier alpha value is -4.66. The predicted octanol–water partition coefficient (Wildman–Crippen LogP) is 3.24. The highest BCUT2D eigenvalue weighted by Gasteiger charge is 2.18. The molecule has 3 aromatic heterocycles. The van der Waals surface area contributed by atoms with E-state index in [-0.39, 0.29) is 11.6 Å². The van der Waals surface area contributed by atoms with Gasteiger partial charge >= 0.3 is 5.69 Å². The van der Waals surface area contributed by atoms with Gasteiger partial charge in [-0.3, -0.25) is 13.9 Å². The Bertz CT molecular complexity index is 1530. The van der Waals surface area contributed by atoms with Gasteiger partial charge in [0.25, 0.3) is 5.91 Å². The van der Waals surface area contributed by atoms with Crippen LogP contribution in [0.2, 0.25) is 0 Å². The summed E-state index contributed by atoms with van der Waals surface area (Å²) in [6, 6.07) is 22.9. The van der Waals surface area contributed by atoms with E-state index in [2.05, 4.69) is 10.4 Å². The first kappa shape index (κ1) is 23.1. The molecule has 0 saturated heterocycles. The number of nitrogens with zero attached hydrogens (tertiary/aromatic N) is 5. The van der Waals surface area contributed by atoms with Gasteiger partial charge in [-0.25, -0.2) is 9.48 Å². The number of hydrogen-bond donors (Lipinski definition) is 1. The quantitative estimate of drug-likeness (QED) is 0.326. The Kier molecular flexibility index (Phi) is 6.61. The second-order valence-electron chi connectivity index (χ2n) is 8.35. The molecule has 0 fully saturated rings. The molecular formula is C27H26N6O3. The van der Waals surface area contributed by atoms with Crippen LogP contribution in [0.25, 0.3) is 16.9 Å². The van der Waals surface area contributed by atoms with Crippen LogP contribution in [0.3, 0.4) is 0 Å². The van der Waals surface area contributed by atoms with Crippen molar-refractivity contribution in [1.29, 1.82) is 0 Å². The molecule has 0 unspecified atom stereocenters. The normalized spacial score (nSPS) is 11.0. The third kappa shape index (κ3) is 4.90. The summed E-state index contributed by atoms with van der Waals surface area (Å²) in [7, 11) is 1.61. The van der Waals surface area contributed by atoms with E-state index in [0.717, 1.165) is 16.9 Å². The lowest BCUT2D eigenvalue weighted by Gasteiger charge is -2.06. The maximum Gasteiger partial charge on any atom is 0.350 e. The number of methoxy groups -OCH3 is 1. The maximum absolute atomic E-state index is 13.2. The fourth-order valence-corrected chi connectivity index (χ4v) is 4.04. The minimum Gasteiger partial charge on any atom is -0.497 e. The van der Waals surface area contributed by atoms with Crippen molar-refractivity contribution in [2.75, 3.05) is 13.7 Å². The van der Waals surface area contributed by atoms with E-state index in [0.29, 0.717) is 43.0 Å². The van der Waals surface area contributed by atoms with E-state index in [1.54, 1.807) is 36.3 Å². The van der Waals surface area contributed by atoms with Gasteiger partial charge in [0.2, 0.25) is 0 Å². The van der Waals surface area contributed by atoms with Crippen LogP contribution in [0.4, 0.5) is 0 Å². The van der Waals surface area contributed by atoms with Crippen molar-refractivity contribution in [3.8, 4) is 17.0 Å². The molecule has 36 heavy (non-hydrogen) atoms. The van der Waals surface area contributed by atoms with Gasteiger partial charge in [0, 0.05) is 31.0 Å². The van der Waals surface area contributed by atoms with Gasteiger partial charge in [0.05, 0.1) is 19.2 Å². The molecule has 182 valence electrons. The summed E-state index contributed by atoms with van der Waals surface area (Å²) in [5, 5.41) is 12.0. The summed E-state index contributed by atoms with van der Waals surface area (Å²) < 4.78 is 9.96. The molecule has 0 aliphatic rings. The van der Waals surface area contributed by atoms with Crippen LogP contribution in [0.1, 0.15) is 22.3 Å². The van der Waals surface area contributed by atoms with Crippen molar-refractivity contribution in [3.05, 3.63) is 107 Å². The minimum absolute atomic E-state index is 0.194. The van der Waals surface area contributed by atoms with E-state index in [4.69, 9.17) is 9.84 Å². The molecule has 9 heteroatoms. The van der Waals surface area contributed by atoms with Crippen molar-refractivity contribution in [3.63, 3.8) is 0 Å². The van der Waals surface area contributed by atoms with Gasteiger partial charge in [-0.15, -0.1) is 5.10 Å². The van der Waals surface area contributed by atoms with Crippen LogP contribution in [-0.2, 0) is 13.1 Å². The molecule has 0 spiro atoms. The summed E-state index contributed by atoms with van der Waals surface area (Å²) in [5.41, 5.74) is 3.40. The Morgan fingerprint density at radius 3 is 2.50 bits per heavy atom. The fraction of sp³-hybridized carbons (Fsp3) is 0.185. The Balaban J connectivity index is 1.31. The highest BCUT2D eigenvalue weighted by atomic mass is 16.5. The van der Waals surface area contributed by atoms with Crippen molar-refractivity contribution < 1.29 is 9.53 Å². The summed E-state index contributed by atoms with van der Waals surface area (Å²) in [6.45, 7) is 1.35. The molecule has 9 nitrogen and oxygen atoms in total. The Labute approximate surface area is 207 Å². The molecule has 5 aromatic rings. The number of aromatic nitrogens is 5. The lowest BCUT2D eigenvalue weighted by Crippen LogP contribution is -2.27. The lowest BCUT2D eigenvalue weighted by molar-refractivity contribution is 0.0953. The third-order valence-electron chi connectivity index (χ3n) is 5.88. The largest absolute Gasteiger partial charge is 0.497 e. The Morgan fingerprint density at radius 1 is 0.972 bits per heavy atom. The molecule has 3 heterocycles. The highest BCUT2D eigenvalue weighted by Crippen LogP contribution is 2.25. The molecule has 0 aliphatic heterocycles. The maximum atomic E-state index is 13.2. The van der Waals surface area contributed by atoms with Gasteiger partial charge < -0.3 is 10.1 Å². The van der Waals surface area contributed by atoms with Crippen LogP contribution in [-0.4, -0.2) is 43.5 Å². The lowest BCUT2D eigenvalue weighted by atomic mass is 10.1. The molecular weight excluding hydrogens is 456 g/mol. The molecule has 0 bridgehead atoms. The smallest absolute Gasteiger partial charge is 0.350 e. The number of fused-ring (bicyclic) bond motifs is 1. The average Bonchev–Trinajstić information content (AvgIpc) is 3.48. The molecule has 0 aliphatic carbocycles. The minimum atomic E-state index is -0.220. The first-order chi connectivity index (χ1) is 17.6. The topological polar surface area (TPSA) is 95.4 Å². The van der Waals surface area contributed by atoms with Gasteiger partial charge in [0.1, 0.15) is 11.4 Å². The molecule has 5 rings (SSSR count). The van der Waals surface area contributed by atoms with Gasteiger partial charge in [-0.05, 0) is 48.4 Å². The number of aryl methyl sites for hydroxylation is 1. The molecule has 0 radical (unpaired) electrons. The number of amides is 1. The summed E-state index contributed by atoms with van der Waals surface area (Å²) in [5.74, 6) is 0.512. The third-order valence-corrected chi connectivity index (χ3v) is 5.88. The van der Waals surface area contributed by atoms with Crippen LogP contribution >= 0.6 is 0 Å². The van der Waals surface area contributed by atoms with Crippen LogP contribution < -0.4 is 15.7 Å². The van der Waals surface area contributed by atoms with Gasteiger partial charge in [-0.1, -0.05) is 36.4 Å². The van der Waals surface area contributed by atoms with E-state index in [1.165, 1.54) is 9.08 Å². The monoisotopic (exact) mass is 482 g/mol. The van der Waals surface area contributed by atoms with Crippen molar-refractivity contribution in [2.24, 2.45) is 0 Å². The zero-order valence-corrected chi connectivity index (χ0v) is 19.9. The van der Waals surface area contributed by atoms with Crippen molar-refractivity contribution in [1.82, 2.24) is 29.3 Å². The number of carbonyl (C=O) groups is 1. The molecule has 1 amide bonds. The van der Waals surface area contributed by atoms with E-state index >= 15 is 0 Å². The van der Waals surface area contributed by atoms with Crippen molar-refractivity contribution >= 4 is 11.6 Å². The fourth-order valence-electron chi connectivity index (χ4n) is 4.04. The van der Waals surface area contributed by atoms with Crippen LogP contribution in [0.15, 0.2) is 90.0 Å². The summed E-state index contributed by atoms with van der Waals surface area (Å²) >= 11 is 0. The first-order valence-corrected chi connectivity index (χ1v) is 11.7. The number of rotatable bonds is 9. The standard InChI is InChI=1S/C27H26N6O3/c1-36-22-13-11-21(12-14-22)25-23(19-31(30-25)18-20-8-3-2-4-9-20)26(34)28-15-7-17-33-27(35)32-16-6-5-10-24(32)29-33/h2-6,8-14,16,19H,7,15,17-18H2,1H3,(H,28,34). The van der Waals surface area contributed by atoms with Crippen LogP contribution in [0, 0.1) is 0 Å². The zero-order valence-electron chi connectivity index (χ0n) is 19.9.